The molecule has 0 aromatic heterocycles. The molecule has 2 N–H and O–H groups in total. The highest BCUT2D eigenvalue weighted by Gasteiger charge is 2.52. The average Bonchev–Trinajstić information content (AvgIpc) is 3.26. The van der Waals surface area contributed by atoms with E-state index in [0.29, 0.717) is 13.0 Å². The van der Waals surface area contributed by atoms with E-state index in [4.69, 9.17) is 72.1 Å². The van der Waals surface area contributed by atoms with Crippen molar-refractivity contribution in [3.8, 4) is 11.5 Å². The smallest absolute Gasteiger partial charge is 0.445 e. The average molecular weight is 981 g/mol. The number of rotatable bonds is 36. The summed E-state index contributed by atoms with van der Waals surface area (Å²) in [5.41, 5.74) is 0. The number of hydrogen-bond donors (Lipinski definition) is 2. The number of amides is 1. The molecule has 0 unspecified atom stereocenters. The lowest BCUT2D eigenvalue weighted by Crippen LogP contribution is -2.65. The molecule has 64 heavy (non-hydrogen) atoms. The zero-order valence-corrected chi connectivity index (χ0v) is 41.7. The largest absolute Gasteiger partial charge is 0.588 e. The maximum absolute atomic E-state index is 14.8. The van der Waals surface area contributed by atoms with Crippen LogP contribution >= 0.6 is 42.6 Å². The van der Waals surface area contributed by atoms with Gasteiger partial charge < -0.3 is 43.2 Å². The van der Waals surface area contributed by atoms with E-state index in [2.05, 4.69) is 19.2 Å². The van der Waals surface area contributed by atoms with E-state index in [0.717, 1.165) is 32.1 Å². The topological polar surface area (TPSA) is 140 Å². The molecule has 16 heteroatoms. The number of unbranched alkanes of at least 4 members (excludes halogenated alkanes) is 17. The molecule has 1 amide bonds. The Bertz CT molecular complexity index is 1470. The summed E-state index contributed by atoms with van der Waals surface area (Å²) in [7, 11) is -3.13. The second-order valence-electron chi connectivity index (χ2n) is 16.6. The number of phosphoric acid groups is 1. The van der Waals surface area contributed by atoms with Gasteiger partial charge in [-0.05, 0) is 43.5 Å². The molecule has 0 aliphatic carbocycles. The number of halogens is 3. The number of aliphatic hydroxyl groups excluding tert-OH is 1. The molecule has 1 aliphatic rings. The highest BCUT2D eigenvalue weighted by atomic mass is 35.6. The fourth-order valence-electron chi connectivity index (χ4n) is 7.62. The Morgan fingerprint density at radius 3 is 1.72 bits per heavy atom. The van der Waals surface area contributed by atoms with E-state index in [1.165, 1.54) is 103 Å². The second kappa shape index (κ2) is 33.6. The van der Waals surface area contributed by atoms with E-state index in [-0.39, 0.29) is 30.8 Å². The Labute approximate surface area is 398 Å². The first-order valence-electron chi connectivity index (χ1n) is 23.8. The predicted octanol–water partition coefficient (Wildman–Crippen LogP) is 13.5. The molecule has 0 bridgehead atoms. The minimum absolute atomic E-state index is 0.100. The van der Waals surface area contributed by atoms with Crippen molar-refractivity contribution >= 4 is 48.7 Å². The van der Waals surface area contributed by atoms with Crippen molar-refractivity contribution in [2.24, 2.45) is 0 Å². The number of alkyl carbamates (subject to hydrolysis) is 1. The number of aliphatic hydroxyl groups is 1. The van der Waals surface area contributed by atoms with E-state index < -0.39 is 55.0 Å². The number of para-hydroxylation sites is 2. The number of ether oxygens (including phenoxy) is 5. The zero-order chi connectivity index (χ0) is 46.3. The molecule has 1 aliphatic heterocycles. The van der Waals surface area contributed by atoms with Gasteiger partial charge in [-0.25, -0.2) is 9.36 Å². The second-order valence-corrected chi connectivity index (χ2v) is 20.6. The first-order chi connectivity index (χ1) is 31.0. The number of nitrogens with one attached hydrogen (secondary N) is 1. The standard InChI is InChI=1S/C48H77Cl3NO11P/c1-4-6-8-10-12-14-16-18-20-28-35-57-39(29-23-19-17-15-13-11-9-7-5-2)34-36-58-45-43(52-47(54)59-38-48(49,50)51)46(53)60-42(37-56-3)44(45)63-64(55,61-40-30-24-21-25-31-40)62-41-32-26-22-27-33-41/h21-22,24-27,30-33,39,42-46,53H,4-20,23,28-29,34-38H2,1-3H3,(H,52,54)/t39-,42+,43-,44+,45+,46-/m0/s1. The number of carbonyl (C=O) groups excluding carboxylic acids is 1. The Balaban J connectivity index is 1.80. The van der Waals surface area contributed by atoms with Gasteiger partial charge in [0.05, 0.1) is 12.7 Å². The summed E-state index contributed by atoms with van der Waals surface area (Å²) in [6.45, 7) is 4.56. The van der Waals surface area contributed by atoms with Gasteiger partial charge in [0, 0.05) is 20.3 Å². The molecule has 2 aromatic rings. The van der Waals surface area contributed by atoms with Gasteiger partial charge in [-0.1, -0.05) is 201 Å². The van der Waals surface area contributed by atoms with Crippen molar-refractivity contribution in [3.63, 3.8) is 0 Å². The number of alkyl halides is 3. The third kappa shape index (κ3) is 24.8. The van der Waals surface area contributed by atoms with Crippen LogP contribution in [-0.4, -0.2) is 85.3 Å². The molecule has 0 spiro atoms. The SMILES string of the molecule is CCCCCCCCCCCCO[C@@H](CCCCCCCCCCC)CCO[C@@H]1[C@H](NC(=O)OCC(Cl)(Cl)Cl)[C@@H](O)O[C@H](COC)[C@H]1OP(=O)(Oc1ccccc1)Oc1ccccc1. The van der Waals surface area contributed by atoms with Crippen molar-refractivity contribution in [2.75, 3.05) is 33.5 Å². The van der Waals surface area contributed by atoms with Gasteiger partial charge in [-0.15, -0.1) is 0 Å². The summed E-state index contributed by atoms with van der Waals surface area (Å²) in [6.07, 6.45) is 18.3. The first-order valence-corrected chi connectivity index (χ1v) is 26.4. The van der Waals surface area contributed by atoms with Crippen LogP contribution in [0.15, 0.2) is 60.7 Å². The molecule has 6 atom stereocenters. The minimum Gasteiger partial charge on any atom is -0.445 e. The van der Waals surface area contributed by atoms with Crippen LogP contribution in [0.2, 0.25) is 0 Å². The highest BCUT2D eigenvalue weighted by Crippen LogP contribution is 2.52. The van der Waals surface area contributed by atoms with Crippen molar-refractivity contribution < 1.29 is 51.7 Å². The molecule has 366 valence electrons. The van der Waals surface area contributed by atoms with Crippen LogP contribution in [-0.2, 0) is 32.8 Å². The molecule has 1 saturated heterocycles. The van der Waals surface area contributed by atoms with Crippen LogP contribution in [0.5, 0.6) is 11.5 Å². The van der Waals surface area contributed by atoms with Gasteiger partial charge in [-0.2, -0.15) is 0 Å². The minimum atomic E-state index is -4.58. The molecule has 12 nitrogen and oxygen atoms in total. The first kappa shape index (κ1) is 56.5. The van der Waals surface area contributed by atoms with Crippen molar-refractivity contribution in [1.29, 1.82) is 0 Å². The summed E-state index contributed by atoms with van der Waals surface area (Å²) in [6, 6.07) is 15.6. The quantitative estimate of drug-likeness (QED) is 0.0383. The monoisotopic (exact) mass is 979 g/mol. The molecular weight excluding hydrogens is 904 g/mol. The van der Waals surface area contributed by atoms with Crippen molar-refractivity contribution in [2.45, 2.75) is 189 Å². The van der Waals surface area contributed by atoms with E-state index in [9.17, 15) is 14.5 Å². The normalized spacial score (nSPS) is 19.6. The molecule has 2 aromatic carbocycles. The van der Waals surface area contributed by atoms with Gasteiger partial charge >= 0.3 is 13.9 Å². The van der Waals surface area contributed by atoms with Crippen molar-refractivity contribution in [3.05, 3.63) is 60.7 Å². The van der Waals surface area contributed by atoms with Gasteiger partial charge in [0.2, 0.25) is 3.79 Å². The molecular formula is C48H77Cl3NO11P. The number of methoxy groups -OCH3 is 1. The molecule has 0 radical (unpaired) electrons. The summed E-state index contributed by atoms with van der Waals surface area (Å²) in [5.74, 6) is 0.422. The van der Waals surface area contributed by atoms with Crippen LogP contribution in [0, 0.1) is 0 Å². The van der Waals surface area contributed by atoms with Crippen LogP contribution in [0.4, 0.5) is 4.79 Å². The lowest BCUT2D eigenvalue weighted by Gasteiger charge is -2.44. The Hall–Kier alpha value is -1.83. The van der Waals surface area contributed by atoms with Gasteiger partial charge in [0.1, 0.15) is 42.5 Å². The highest BCUT2D eigenvalue weighted by molar-refractivity contribution is 7.49. The van der Waals surface area contributed by atoms with Crippen LogP contribution in [0.25, 0.3) is 0 Å². The van der Waals surface area contributed by atoms with E-state index in [1.807, 2.05) is 0 Å². The zero-order valence-electron chi connectivity index (χ0n) is 38.5. The summed E-state index contributed by atoms with van der Waals surface area (Å²) >= 11 is 17.6. The maximum atomic E-state index is 14.8. The van der Waals surface area contributed by atoms with Crippen LogP contribution in [0.3, 0.4) is 0 Å². The van der Waals surface area contributed by atoms with Crippen LogP contribution in [0.1, 0.15) is 149 Å². The number of carbonyl (C=O) groups is 1. The maximum Gasteiger partial charge on any atom is 0.588 e. The third-order valence-corrected chi connectivity index (χ3v) is 12.7. The number of benzene rings is 2. The van der Waals surface area contributed by atoms with E-state index in [1.54, 1.807) is 60.7 Å². The Morgan fingerprint density at radius 1 is 0.719 bits per heavy atom. The molecule has 0 saturated carbocycles. The molecule has 1 heterocycles. The summed E-state index contributed by atoms with van der Waals surface area (Å²) in [5, 5.41) is 14.0. The van der Waals surface area contributed by atoms with Crippen molar-refractivity contribution in [1.82, 2.24) is 5.32 Å². The van der Waals surface area contributed by atoms with Gasteiger partial charge in [0.25, 0.3) is 0 Å². The fraction of sp³-hybridized carbons (Fsp3) is 0.729. The number of hydrogen-bond acceptors (Lipinski definition) is 11. The Morgan fingerprint density at radius 2 is 1.22 bits per heavy atom. The van der Waals surface area contributed by atoms with Crippen LogP contribution < -0.4 is 14.4 Å². The molecule has 1 fully saturated rings. The summed E-state index contributed by atoms with van der Waals surface area (Å²) in [4.78, 5) is 13.1. The molecule has 3 rings (SSSR count). The lowest BCUT2D eigenvalue weighted by molar-refractivity contribution is -0.259. The third-order valence-electron chi connectivity index (χ3n) is 11.1. The van der Waals surface area contributed by atoms with Gasteiger partial charge in [-0.3, -0.25) is 4.52 Å². The number of phosphoric ester groups is 1. The Kier molecular flexibility index (Phi) is 29.7. The summed E-state index contributed by atoms with van der Waals surface area (Å²) < 4.78 is 60.9. The van der Waals surface area contributed by atoms with Gasteiger partial charge in [0.15, 0.2) is 6.29 Å². The fourth-order valence-corrected chi connectivity index (χ4v) is 9.22. The van der Waals surface area contributed by atoms with E-state index >= 15 is 0 Å². The predicted molar refractivity (Wildman–Crippen MR) is 256 cm³/mol. The lowest BCUT2D eigenvalue weighted by atomic mass is 9.96.